The van der Waals surface area contributed by atoms with E-state index in [4.69, 9.17) is 5.11 Å². The van der Waals surface area contributed by atoms with Gasteiger partial charge in [0.15, 0.2) is 0 Å². The largest absolute Gasteiger partial charge is 0.481 e. The molecule has 0 amide bonds. The van der Waals surface area contributed by atoms with Gasteiger partial charge in [-0.2, -0.15) is 0 Å². The summed E-state index contributed by atoms with van der Waals surface area (Å²) in [5, 5.41) is 8.72. The predicted molar refractivity (Wildman–Crippen MR) is 94.2 cm³/mol. The molecule has 2 atom stereocenters. The van der Waals surface area contributed by atoms with Gasteiger partial charge in [-0.1, -0.05) is 96.8 Å². The van der Waals surface area contributed by atoms with Crippen LogP contribution in [-0.2, 0) is 4.79 Å². The van der Waals surface area contributed by atoms with Gasteiger partial charge in [-0.3, -0.25) is 4.79 Å². The maximum absolute atomic E-state index is 10.6. The fraction of sp³-hybridized carbons (Fsp3) is 0.950. The summed E-state index contributed by atoms with van der Waals surface area (Å²) in [5.41, 5.74) is 0. The summed E-state index contributed by atoms with van der Waals surface area (Å²) in [5.74, 6) is 1.19. The molecule has 0 saturated heterocycles. The molecule has 1 rings (SSSR count). The van der Waals surface area contributed by atoms with Crippen molar-refractivity contribution < 1.29 is 9.90 Å². The van der Waals surface area contributed by atoms with E-state index in [1.165, 1.54) is 83.5 Å². The van der Waals surface area contributed by atoms with Crippen molar-refractivity contribution in [2.75, 3.05) is 0 Å². The second-order valence-corrected chi connectivity index (χ2v) is 7.35. The number of carboxylic acid groups (broad SMARTS) is 1. The van der Waals surface area contributed by atoms with Gasteiger partial charge in [0.05, 0.1) is 0 Å². The molecule has 0 heterocycles. The second-order valence-electron chi connectivity index (χ2n) is 7.35. The van der Waals surface area contributed by atoms with Crippen molar-refractivity contribution in [3.8, 4) is 0 Å². The first-order valence-electron chi connectivity index (χ1n) is 9.95. The van der Waals surface area contributed by atoms with E-state index < -0.39 is 5.97 Å². The minimum absolute atomic E-state index is 0.356. The molecule has 1 fully saturated rings. The highest BCUT2D eigenvalue weighted by molar-refractivity contribution is 5.66. The van der Waals surface area contributed by atoms with Crippen LogP contribution in [0.15, 0.2) is 0 Å². The molecule has 1 aliphatic carbocycles. The topological polar surface area (TPSA) is 37.3 Å². The third-order valence-electron chi connectivity index (χ3n) is 5.46. The van der Waals surface area contributed by atoms with Crippen molar-refractivity contribution in [3.05, 3.63) is 0 Å². The molecule has 0 radical (unpaired) electrons. The summed E-state index contributed by atoms with van der Waals surface area (Å²) in [7, 11) is 0. The van der Waals surface area contributed by atoms with E-state index in [2.05, 4.69) is 6.92 Å². The Morgan fingerprint density at radius 3 is 1.86 bits per heavy atom. The van der Waals surface area contributed by atoms with Gasteiger partial charge < -0.3 is 5.11 Å². The third kappa shape index (κ3) is 9.48. The molecule has 0 aromatic carbocycles. The SMILES string of the molecule is CCCCCCCCCC1CCCCC1CCCCC(=O)O. The van der Waals surface area contributed by atoms with Crippen LogP contribution < -0.4 is 0 Å². The number of carboxylic acids is 1. The van der Waals surface area contributed by atoms with Gasteiger partial charge in [-0.25, -0.2) is 0 Å². The van der Waals surface area contributed by atoms with Crippen LogP contribution in [0.4, 0.5) is 0 Å². The molecule has 0 aromatic rings. The molecular formula is C20H38O2. The van der Waals surface area contributed by atoms with Gasteiger partial charge in [-0.15, -0.1) is 0 Å². The van der Waals surface area contributed by atoms with Gasteiger partial charge >= 0.3 is 5.97 Å². The van der Waals surface area contributed by atoms with Gasteiger partial charge in [0.2, 0.25) is 0 Å². The average molecular weight is 311 g/mol. The highest BCUT2D eigenvalue weighted by Crippen LogP contribution is 2.36. The molecule has 1 aliphatic rings. The smallest absolute Gasteiger partial charge is 0.303 e. The molecule has 0 bridgehead atoms. The lowest BCUT2D eigenvalue weighted by atomic mass is 9.74. The number of unbranched alkanes of at least 4 members (excludes halogenated alkanes) is 7. The number of hydrogen-bond acceptors (Lipinski definition) is 1. The number of rotatable bonds is 13. The van der Waals surface area contributed by atoms with Crippen LogP contribution in [0, 0.1) is 11.8 Å². The number of aliphatic carboxylic acids is 1. The molecule has 1 saturated carbocycles. The lowest BCUT2D eigenvalue weighted by Crippen LogP contribution is -2.19. The maximum Gasteiger partial charge on any atom is 0.303 e. The lowest BCUT2D eigenvalue weighted by molar-refractivity contribution is -0.137. The van der Waals surface area contributed by atoms with Crippen molar-refractivity contribution >= 4 is 5.97 Å². The first kappa shape index (κ1) is 19.5. The summed E-state index contributed by atoms with van der Waals surface area (Å²) in [6.45, 7) is 2.28. The second kappa shape index (κ2) is 13.0. The summed E-state index contributed by atoms with van der Waals surface area (Å²) < 4.78 is 0. The van der Waals surface area contributed by atoms with Crippen molar-refractivity contribution in [1.29, 1.82) is 0 Å². The molecule has 2 unspecified atom stereocenters. The molecular weight excluding hydrogens is 272 g/mol. The van der Waals surface area contributed by atoms with Crippen LogP contribution in [0.1, 0.15) is 110 Å². The minimum Gasteiger partial charge on any atom is -0.481 e. The zero-order chi connectivity index (χ0) is 16.0. The number of hydrogen-bond donors (Lipinski definition) is 1. The fourth-order valence-electron chi connectivity index (χ4n) is 4.09. The molecule has 2 nitrogen and oxygen atoms in total. The van der Waals surface area contributed by atoms with Crippen LogP contribution in [0.5, 0.6) is 0 Å². The Kier molecular flexibility index (Phi) is 11.5. The summed E-state index contributed by atoms with van der Waals surface area (Å²) >= 11 is 0. The Balaban J connectivity index is 2.09. The van der Waals surface area contributed by atoms with Crippen LogP contribution in [-0.4, -0.2) is 11.1 Å². The summed E-state index contributed by atoms with van der Waals surface area (Å²) in [6.07, 6.45) is 20.6. The molecule has 0 aromatic heterocycles. The standard InChI is InChI=1S/C20H38O2/c1-2-3-4-5-6-7-8-13-18-14-9-10-15-19(18)16-11-12-17-20(21)22/h18-19H,2-17H2,1H3,(H,21,22). The highest BCUT2D eigenvalue weighted by Gasteiger charge is 2.24. The van der Waals surface area contributed by atoms with Crippen LogP contribution in [0.25, 0.3) is 0 Å². The number of carbonyl (C=O) groups is 1. The van der Waals surface area contributed by atoms with Crippen LogP contribution in [0.3, 0.4) is 0 Å². The first-order valence-corrected chi connectivity index (χ1v) is 9.95. The zero-order valence-corrected chi connectivity index (χ0v) is 14.8. The van der Waals surface area contributed by atoms with E-state index in [1.54, 1.807) is 0 Å². The fourth-order valence-corrected chi connectivity index (χ4v) is 4.09. The van der Waals surface area contributed by atoms with E-state index >= 15 is 0 Å². The van der Waals surface area contributed by atoms with Crippen molar-refractivity contribution in [2.24, 2.45) is 11.8 Å². The molecule has 0 spiro atoms. The monoisotopic (exact) mass is 310 g/mol. The van der Waals surface area contributed by atoms with E-state index in [9.17, 15) is 4.79 Å². The van der Waals surface area contributed by atoms with E-state index in [0.717, 1.165) is 24.7 Å². The Labute approximate surface area is 138 Å². The Hall–Kier alpha value is -0.530. The highest BCUT2D eigenvalue weighted by atomic mass is 16.4. The third-order valence-corrected chi connectivity index (χ3v) is 5.46. The van der Waals surface area contributed by atoms with Crippen LogP contribution >= 0.6 is 0 Å². The quantitative estimate of drug-likeness (QED) is 0.390. The molecule has 22 heavy (non-hydrogen) atoms. The van der Waals surface area contributed by atoms with Crippen molar-refractivity contribution in [3.63, 3.8) is 0 Å². The summed E-state index contributed by atoms with van der Waals surface area (Å²) in [4.78, 5) is 10.6. The molecule has 1 N–H and O–H groups in total. The zero-order valence-electron chi connectivity index (χ0n) is 14.8. The molecule has 0 aliphatic heterocycles. The van der Waals surface area contributed by atoms with Gasteiger partial charge in [0.25, 0.3) is 0 Å². The first-order chi connectivity index (χ1) is 10.7. The molecule has 130 valence electrons. The van der Waals surface area contributed by atoms with E-state index in [0.29, 0.717) is 6.42 Å². The predicted octanol–water partition coefficient (Wildman–Crippen LogP) is 6.58. The molecule has 2 heteroatoms. The van der Waals surface area contributed by atoms with Gasteiger partial charge in [-0.05, 0) is 18.3 Å². The van der Waals surface area contributed by atoms with E-state index in [1.807, 2.05) is 0 Å². The van der Waals surface area contributed by atoms with Crippen LogP contribution in [0.2, 0.25) is 0 Å². The Morgan fingerprint density at radius 2 is 1.32 bits per heavy atom. The average Bonchev–Trinajstić information content (AvgIpc) is 2.51. The Morgan fingerprint density at radius 1 is 0.818 bits per heavy atom. The minimum atomic E-state index is -0.636. The van der Waals surface area contributed by atoms with Crippen molar-refractivity contribution in [2.45, 2.75) is 110 Å². The lowest BCUT2D eigenvalue weighted by Gasteiger charge is -2.31. The normalized spacial score (nSPS) is 21.9. The van der Waals surface area contributed by atoms with Gasteiger partial charge in [0.1, 0.15) is 0 Å². The van der Waals surface area contributed by atoms with Crippen molar-refractivity contribution in [1.82, 2.24) is 0 Å². The summed E-state index contributed by atoms with van der Waals surface area (Å²) in [6, 6.07) is 0. The Bertz CT molecular complexity index is 275. The van der Waals surface area contributed by atoms with Gasteiger partial charge in [0, 0.05) is 6.42 Å². The van der Waals surface area contributed by atoms with E-state index in [-0.39, 0.29) is 0 Å². The maximum atomic E-state index is 10.6.